The number of anilines is 1. The van der Waals surface area contributed by atoms with Crippen molar-refractivity contribution in [2.75, 3.05) is 4.90 Å². The largest absolute Gasteiger partial charge is 0.478 e. The molecule has 10 heteroatoms. The zero-order valence-corrected chi connectivity index (χ0v) is 18.3. The van der Waals surface area contributed by atoms with Crippen molar-refractivity contribution in [3.8, 4) is 0 Å². The van der Waals surface area contributed by atoms with Crippen LogP contribution in [-0.4, -0.2) is 35.8 Å². The van der Waals surface area contributed by atoms with Crippen LogP contribution in [-0.2, 0) is 14.9 Å². The Balaban J connectivity index is 1.96. The highest BCUT2D eigenvalue weighted by atomic mass is 35.5. The molecule has 0 fully saturated rings. The number of hydrogen-bond donors (Lipinski definition) is 2. The predicted molar refractivity (Wildman–Crippen MR) is 123 cm³/mol. The Morgan fingerprint density at radius 3 is 2.30 bits per heavy atom. The lowest BCUT2D eigenvalue weighted by Crippen LogP contribution is -2.34. The summed E-state index contributed by atoms with van der Waals surface area (Å²) < 4.78 is 32.9. The van der Waals surface area contributed by atoms with Crippen LogP contribution < -0.4 is 4.90 Å². The first kappa shape index (κ1) is 22.4. The minimum atomic E-state index is -4.67. The first-order valence-corrected chi connectivity index (χ1v) is 11.3. The molecular formula is C23H15ClN2O6S. The molecule has 8 nitrogen and oxygen atoms in total. The molecule has 1 aliphatic heterocycles. The van der Waals surface area contributed by atoms with Crippen molar-refractivity contribution in [3.05, 3.63) is 100 Å². The molecule has 0 aliphatic carbocycles. The fourth-order valence-corrected chi connectivity index (χ4v) is 3.99. The van der Waals surface area contributed by atoms with Gasteiger partial charge >= 0.3 is 5.97 Å². The number of benzene rings is 3. The SMILES string of the molecule is O=C(O)c1ccc(S(=O)(=O)O)cc1N1C(=O)C(=Cc2ccccc2Cl)N=C1c1ccccc1. The van der Waals surface area contributed by atoms with Crippen LogP contribution in [0.3, 0.4) is 0 Å². The lowest BCUT2D eigenvalue weighted by molar-refractivity contribution is -0.113. The Bertz CT molecular complexity index is 1450. The molecule has 0 atom stereocenters. The van der Waals surface area contributed by atoms with Gasteiger partial charge in [-0.2, -0.15) is 8.42 Å². The van der Waals surface area contributed by atoms with E-state index in [-0.39, 0.29) is 22.8 Å². The Morgan fingerprint density at radius 2 is 1.67 bits per heavy atom. The van der Waals surface area contributed by atoms with E-state index in [0.717, 1.165) is 23.1 Å². The van der Waals surface area contributed by atoms with E-state index < -0.39 is 26.9 Å². The molecule has 166 valence electrons. The minimum absolute atomic E-state index is 0.0319. The zero-order chi connectivity index (χ0) is 23.8. The van der Waals surface area contributed by atoms with Crippen LogP contribution in [0, 0.1) is 0 Å². The van der Waals surface area contributed by atoms with Gasteiger partial charge in [0.05, 0.1) is 16.1 Å². The number of amides is 1. The summed E-state index contributed by atoms with van der Waals surface area (Å²) in [6.45, 7) is 0. The second kappa shape index (κ2) is 8.62. The van der Waals surface area contributed by atoms with Crippen LogP contribution in [0.2, 0.25) is 5.02 Å². The van der Waals surface area contributed by atoms with E-state index in [4.69, 9.17) is 11.6 Å². The molecule has 33 heavy (non-hydrogen) atoms. The van der Waals surface area contributed by atoms with Crippen molar-refractivity contribution in [2.45, 2.75) is 4.90 Å². The quantitative estimate of drug-likeness (QED) is 0.416. The molecule has 0 saturated heterocycles. The third-order valence-corrected chi connectivity index (χ3v) is 6.02. The normalized spacial score (nSPS) is 15.1. The molecule has 0 aromatic heterocycles. The maximum Gasteiger partial charge on any atom is 0.337 e. The summed E-state index contributed by atoms with van der Waals surface area (Å²) in [6, 6.07) is 18.2. The second-order valence-corrected chi connectivity index (χ2v) is 8.78. The van der Waals surface area contributed by atoms with Crippen molar-refractivity contribution in [3.63, 3.8) is 0 Å². The molecule has 0 spiro atoms. The van der Waals surface area contributed by atoms with Crippen LogP contribution in [0.1, 0.15) is 21.5 Å². The number of aromatic carboxylic acids is 1. The molecule has 1 amide bonds. The highest BCUT2D eigenvalue weighted by molar-refractivity contribution is 7.85. The Labute approximate surface area is 193 Å². The predicted octanol–water partition coefficient (Wildman–Crippen LogP) is 4.12. The van der Waals surface area contributed by atoms with Crippen LogP contribution in [0.4, 0.5) is 5.69 Å². The first-order valence-electron chi connectivity index (χ1n) is 9.46. The van der Waals surface area contributed by atoms with E-state index in [2.05, 4.69) is 4.99 Å². The average molecular weight is 483 g/mol. The van der Waals surface area contributed by atoms with E-state index in [0.29, 0.717) is 16.1 Å². The van der Waals surface area contributed by atoms with Gasteiger partial charge in [0.1, 0.15) is 11.5 Å². The maximum atomic E-state index is 13.4. The number of carbonyl (C=O) groups excluding carboxylic acids is 1. The third-order valence-electron chi connectivity index (χ3n) is 4.83. The van der Waals surface area contributed by atoms with E-state index in [1.807, 2.05) is 0 Å². The number of carboxylic acids is 1. The van der Waals surface area contributed by atoms with Crippen molar-refractivity contribution < 1.29 is 27.7 Å². The van der Waals surface area contributed by atoms with Gasteiger partial charge in [-0.05, 0) is 35.9 Å². The Kier molecular flexibility index (Phi) is 5.86. The summed E-state index contributed by atoms with van der Waals surface area (Å²) in [6.07, 6.45) is 1.46. The average Bonchev–Trinajstić information content (AvgIpc) is 3.10. The third kappa shape index (κ3) is 4.42. The van der Waals surface area contributed by atoms with Gasteiger partial charge in [0.2, 0.25) is 0 Å². The fourth-order valence-electron chi connectivity index (χ4n) is 3.30. The van der Waals surface area contributed by atoms with E-state index in [9.17, 15) is 27.7 Å². The summed E-state index contributed by atoms with van der Waals surface area (Å²) in [4.78, 5) is 30.2. The highest BCUT2D eigenvalue weighted by Crippen LogP contribution is 2.33. The number of rotatable bonds is 5. The van der Waals surface area contributed by atoms with Crippen molar-refractivity contribution in [1.29, 1.82) is 0 Å². The molecule has 0 radical (unpaired) electrons. The molecular weight excluding hydrogens is 468 g/mol. The minimum Gasteiger partial charge on any atom is -0.478 e. The second-order valence-electron chi connectivity index (χ2n) is 6.95. The standard InChI is InChI=1S/C23H15ClN2O6S/c24-18-9-5-4-8-15(18)12-19-22(27)26(21(25-19)14-6-2-1-3-7-14)20-13-16(33(30,31)32)10-11-17(20)23(28)29/h1-13H,(H,28,29)(H,30,31,32). The topological polar surface area (TPSA) is 124 Å². The zero-order valence-electron chi connectivity index (χ0n) is 16.7. The van der Waals surface area contributed by atoms with Crippen LogP contribution in [0.15, 0.2) is 88.4 Å². The van der Waals surface area contributed by atoms with Crippen molar-refractivity contribution in [2.24, 2.45) is 4.99 Å². The van der Waals surface area contributed by atoms with Gasteiger partial charge in [-0.25, -0.2) is 9.79 Å². The summed E-state index contributed by atoms with van der Waals surface area (Å²) in [7, 11) is -4.67. The van der Waals surface area contributed by atoms with Gasteiger partial charge in [-0.3, -0.25) is 14.2 Å². The molecule has 0 unspecified atom stereocenters. The molecule has 3 aromatic rings. The number of aliphatic imine (C=N–C) groups is 1. The lowest BCUT2D eigenvalue weighted by Gasteiger charge is -2.21. The molecule has 1 heterocycles. The van der Waals surface area contributed by atoms with Gasteiger partial charge in [0.25, 0.3) is 16.0 Å². The Hall–Kier alpha value is -3.79. The number of amidine groups is 1. The molecule has 4 rings (SSSR count). The van der Waals surface area contributed by atoms with Gasteiger partial charge < -0.3 is 5.11 Å². The molecule has 0 bridgehead atoms. The molecule has 3 aromatic carbocycles. The van der Waals surface area contributed by atoms with Crippen molar-refractivity contribution in [1.82, 2.24) is 0 Å². The van der Waals surface area contributed by atoms with Gasteiger partial charge in [-0.1, -0.05) is 60.1 Å². The summed E-state index contributed by atoms with van der Waals surface area (Å²) in [5, 5.41) is 10.1. The fraction of sp³-hybridized carbons (Fsp3) is 0. The summed E-state index contributed by atoms with van der Waals surface area (Å²) in [5.74, 6) is -1.99. The van der Waals surface area contributed by atoms with Gasteiger partial charge in [0, 0.05) is 10.6 Å². The van der Waals surface area contributed by atoms with Crippen molar-refractivity contribution >= 4 is 51.2 Å². The molecule has 2 N–H and O–H groups in total. The highest BCUT2D eigenvalue weighted by Gasteiger charge is 2.35. The smallest absolute Gasteiger partial charge is 0.337 e. The molecule has 0 saturated carbocycles. The van der Waals surface area contributed by atoms with E-state index in [1.54, 1.807) is 54.6 Å². The molecule has 1 aliphatic rings. The van der Waals surface area contributed by atoms with Crippen LogP contribution in [0.5, 0.6) is 0 Å². The van der Waals surface area contributed by atoms with Gasteiger partial charge in [0.15, 0.2) is 0 Å². The number of hydrogen-bond acceptors (Lipinski definition) is 5. The number of carboxylic acid groups (broad SMARTS) is 1. The maximum absolute atomic E-state index is 13.4. The number of carbonyl (C=O) groups is 2. The van der Waals surface area contributed by atoms with E-state index in [1.165, 1.54) is 6.08 Å². The number of halogens is 1. The summed E-state index contributed by atoms with van der Waals surface area (Å²) >= 11 is 6.20. The number of nitrogens with zero attached hydrogens (tertiary/aromatic N) is 2. The van der Waals surface area contributed by atoms with Crippen LogP contribution >= 0.6 is 11.6 Å². The summed E-state index contributed by atoms with van der Waals surface area (Å²) in [5.41, 5.74) is 0.370. The van der Waals surface area contributed by atoms with Gasteiger partial charge in [-0.15, -0.1) is 0 Å². The van der Waals surface area contributed by atoms with Crippen LogP contribution in [0.25, 0.3) is 6.08 Å². The monoisotopic (exact) mass is 482 g/mol. The first-order chi connectivity index (χ1) is 15.7. The lowest BCUT2D eigenvalue weighted by atomic mass is 10.1. The van der Waals surface area contributed by atoms with E-state index >= 15 is 0 Å². The Morgan fingerprint density at radius 1 is 1.00 bits per heavy atom.